The molecule has 0 aromatic heterocycles. The van der Waals surface area contributed by atoms with E-state index in [9.17, 15) is 18.0 Å². The second-order valence-electron chi connectivity index (χ2n) is 4.39. The molecule has 0 bridgehead atoms. The zero-order valence-electron chi connectivity index (χ0n) is 9.89. The largest absolute Gasteiger partial charge is 0.405 e. The Balaban J connectivity index is 3.95. The van der Waals surface area contributed by atoms with Gasteiger partial charge in [0.25, 0.3) is 5.91 Å². The lowest BCUT2D eigenvalue weighted by Crippen LogP contribution is -2.36. The summed E-state index contributed by atoms with van der Waals surface area (Å²) in [6.07, 6.45) is -4.44. The molecule has 0 saturated carbocycles. The van der Waals surface area contributed by atoms with Crippen LogP contribution in [0.2, 0.25) is 0 Å². The first-order valence-electron chi connectivity index (χ1n) is 4.82. The predicted molar refractivity (Wildman–Crippen MR) is 56.1 cm³/mol. The molecule has 0 rings (SSSR count). The van der Waals surface area contributed by atoms with Crippen molar-refractivity contribution in [2.24, 2.45) is 16.3 Å². The molecule has 1 amide bonds. The van der Waals surface area contributed by atoms with Gasteiger partial charge in [-0.3, -0.25) is 4.79 Å². The molecule has 0 radical (unpaired) electrons. The van der Waals surface area contributed by atoms with E-state index in [0.717, 1.165) is 0 Å². The van der Waals surface area contributed by atoms with Gasteiger partial charge < -0.3 is 15.9 Å². The number of hydrogen-bond acceptors (Lipinski definition) is 3. The smallest absolute Gasteiger partial charge is 0.384 e. The van der Waals surface area contributed by atoms with E-state index < -0.39 is 30.7 Å². The third-order valence-electron chi connectivity index (χ3n) is 1.61. The second-order valence-corrected chi connectivity index (χ2v) is 4.39. The van der Waals surface area contributed by atoms with E-state index >= 15 is 0 Å². The average molecular weight is 255 g/mol. The number of nitrogens with zero attached hydrogens (tertiary/aromatic N) is 1. The van der Waals surface area contributed by atoms with Crippen LogP contribution in [0, 0.1) is 5.41 Å². The van der Waals surface area contributed by atoms with Crippen LogP contribution < -0.4 is 11.1 Å². The minimum absolute atomic E-state index is 0.154. The third-order valence-corrected chi connectivity index (χ3v) is 1.61. The standard InChI is InChI=1S/C9H16F3N3O2/c1-8(2,3)7(13)15-17-4-6(16)14-5-9(10,11)12/h4-5H2,1-3H3,(H2,13,15)(H,14,16). The minimum Gasteiger partial charge on any atom is -0.384 e. The minimum atomic E-state index is -4.44. The van der Waals surface area contributed by atoms with Crippen LogP contribution in [0.4, 0.5) is 13.2 Å². The quantitative estimate of drug-likeness (QED) is 0.447. The number of nitrogens with two attached hydrogens (primary N) is 1. The molecular weight excluding hydrogens is 239 g/mol. The third kappa shape index (κ3) is 8.35. The number of halogens is 3. The van der Waals surface area contributed by atoms with Gasteiger partial charge in [0, 0.05) is 5.41 Å². The van der Waals surface area contributed by atoms with Crippen LogP contribution >= 0.6 is 0 Å². The molecule has 0 saturated heterocycles. The molecule has 5 nitrogen and oxygen atoms in total. The molecule has 0 aromatic carbocycles. The van der Waals surface area contributed by atoms with Crippen LogP contribution in [0.15, 0.2) is 5.16 Å². The van der Waals surface area contributed by atoms with Crippen LogP contribution in [0.3, 0.4) is 0 Å². The van der Waals surface area contributed by atoms with Crippen LogP contribution in [-0.2, 0) is 9.63 Å². The summed E-state index contributed by atoms with van der Waals surface area (Å²) in [5.41, 5.74) is 5.07. The molecule has 0 heterocycles. The van der Waals surface area contributed by atoms with Crippen molar-refractivity contribution in [2.45, 2.75) is 26.9 Å². The van der Waals surface area contributed by atoms with Crippen LogP contribution in [0.1, 0.15) is 20.8 Å². The van der Waals surface area contributed by atoms with Gasteiger partial charge in [0.15, 0.2) is 6.61 Å². The Labute approximate surface area is 97.2 Å². The summed E-state index contributed by atoms with van der Waals surface area (Å²) in [7, 11) is 0. The van der Waals surface area contributed by atoms with Crippen molar-refractivity contribution in [1.82, 2.24) is 5.32 Å². The fraction of sp³-hybridized carbons (Fsp3) is 0.778. The highest BCUT2D eigenvalue weighted by molar-refractivity contribution is 5.85. The molecule has 0 atom stereocenters. The average Bonchev–Trinajstić information content (AvgIpc) is 2.12. The first-order valence-corrected chi connectivity index (χ1v) is 4.82. The van der Waals surface area contributed by atoms with Crippen LogP contribution in [0.25, 0.3) is 0 Å². The maximum absolute atomic E-state index is 11.7. The fourth-order valence-corrected chi connectivity index (χ4v) is 0.547. The molecular formula is C9H16F3N3O2. The van der Waals surface area contributed by atoms with Crippen molar-refractivity contribution in [3.05, 3.63) is 0 Å². The lowest BCUT2D eigenvalue weighted by molar-refractivity contribution is -0.141. The van der Waals surface area contributed by atoms with Crippen molar-refractivity contribution in [3.8, 4) is 0 Å². The Kier molecular flexibility index (Phi) is 5.24. The zero-order valence-corrected chi connectivity index (χ0v) is 9.89. The van der Waals surface area contributed by atoms with E-state index in [1.165, 1.54) is 0 Å². The Morgan fingerprint density at radius 2 is 1.88 bits per heavy atom. The predicted octanol–water partition coefficient (Wildman–Crippen LogP) is 1.000. The van der Waals surface area contributed by atoms with Gasteiger partial charge in [-0.1, -0.05) is 25.9 Å². The number of carbonyl (C=O) groups excluding carboxylic acids is 1. The van der Waals surface area contributed by atoms with Crippen molar-refractivity contribution < 1.29 is 22.8 Å². The van der Waals surface area contributed by atoms with Gasteiger partial charge in [-0.25, -0.2) is 0 Å². The summed E-state index contributed by atoms with van der Waals surface area (Å²) in [4.78, 5) is 15.4. The van der Waals surface area contributed by atoms with E-state index in [0.29, 0.717) is 0 Å². The Bertz CT molecular complexity index is 295. The van der Waals surface area contributed by atoms with Gasteiger partial charge >= 0.3 is 6.18 Å². The molecule has 0 aliphatic rings. The highest BCUT2D eigenvalue weighted by Gasteiger charge is 2.27. The Morgan fingerprint density at radius 1 is 1.35 bits per heavy atom. The van der Waals surface area contributed by atoms with Crippen molar-refractivity contribution >= 4 is 11.7 Å². The fourth-order valence-electron chi connectivity index (χ4n) is 0.547. The van der Waals surface area contributed by atoms with Gasteiger partial charge in [-0.2, -0.15) is 13.2 Å². The summed E-state index contributed by atoms with van der Waals surface area (Å²) >= 11 is 0. The molecule has 0 unspecified atom stereocenters. The van der Waals surface area contributed by atoms with E-state index in [4.69, 9.17) is 5.73 Å². The molecule has 0 spiro atoms. The number of oxime groups is 1. The van der Waals surface area contributed by atoms with Crippen molar-refractivity contribution in [3.63, 3.8) is 0 Å². The van der Waals surface area contributed by atoms with Crippen molar-refractivity contribution in [2.75, 3.05) is 13.2 Å². The van der Waals surface area contributed by atoms with E-state index in [1.54, 1.807) is 26.1 Å². The molecule has 3 N–H and O–H groups in total. The summed E-state index contributed by atoms with van der Waals surface area (Å²) in [5.74, 6) is -0.756. The summed E-state index contributed by atoms with van der Waals surface area (Å²) in [6, 6.07) is 0. The van der Waals surface area contributed by atoms with E-state index in [-0.39, 0.29) is 5.84 Å². The SMILES string of the molecule is CC(C)(C)C(N)=NOCC(=O)NCC(F)(F)F. The summed E-state index contributed by atoms with van der Waals surface area (Å²) in [5, 5.41) is 5.07. The molecule has 0 aliphatic carbocycles. The lowest BCUT2D eigenvalue weighted by atomic mass is 9.96. The molecule has 100 valence electrons. The molecule has 0 aromatic rings. The maximum Gasteiger partial charge on any atom is 0.405 e. The van der Waals surface area contributed by atoms with Crippen molar-refractivity contribution in [1.29, 1.82) is 0 Å². The highest BCUT2D eigenvalue weighted by atomic mass is 19.4. The molecule has 0 fully saturated rings. The Morgan fingerprint density at radius 3 is 2.29 bits per heavy atom. The number of hydrogen-bond donors (Lipinski definition) is 2. The van der Waals surface area contributed by atoms with Crippen LogP contribution in [0.5, 0.6) is 0 Å². The highest BCUT2D eigenvalue weighted by Crippen LogP contribution is 2.13. The maximum atomic E-state index is 11.7. The molecule has 0 aliphatic heterocycles. The number of alkyl halides is 3. The van der Waals surface area contributed by atoms with Crippen LogP contribution in [-0.4, -0.2) is 31.1 Å². The summed E-state index contributed by atoms with van der Waals surface area (Å²) in [6.45, 7) is 3.33. The van der Waals surface area contributed by atoms with Gasteiger partial charge in [0.1, 0.15) is 12.4 Å². The first-order chi connectivity index (χ1) is 7.52. The van der Waals surface area contributed by atoms with E-state index in [2.05, 4.69) is 9.99 Å². The number of rotatable bonds is 4. The monoisotopic (exact) mass is 255 g/mol. The summed E-state index contributed by atoms with van der Waals surface area (Å²) < 4.78 is 35.2. The first kappa shape index (κ1) is 15.5. The van der Waals surface area contributed by atoms with E-state index in [1.807, 2.05) is 0 Å². The van der Waals surface area contributed by atoms with Gasteiger partial charge in [-0.15, -0.1) is 0 Å². The second kappa shape index (κ2) is 5.74. The number of amides is 1. The topological polar surface area (TPSA) is 76.7 Å². The zero-order chi connectivity index (χ0) is 13.7. The number of amidine groups is 1. The van der Waals surface area contributed by atoms with Gasteiger partial charge in [0.2, 0.25) is 0 Å². The molecule has 8 heteroatoms. The normalized spacial score (nSPS) is 13.4. The molecule has 17 heavy (non-hydrogen) atoms. The Hall–Kier alpha value is -1.47. The van der Waals surface area contributed by atoms with Gasteiger partial charge in [0.05, 0.1) is 0 Å². The van der Waals surface area contributed by atoms with Gasteiger partial charge in [-0.05, 0) is 0 Å². The lowest BCUT2D eigenvalue weighted by Gasteiger charge is -2.16. The number of nitrogens with one attached hydrogen (secondary N) is 1. The number of carbonyl (C=O) groups is 1.